The second-order valence-corrected chi connectivity index (χ2v) is 9.26. The SMILES string of the molecule is CN1CCN(c2nc(-c3ccccc3)nc3c2CN(C(=O)c2ccc(Cl)c([N+](=O)[O-])c2)CC3)CC1. The molecule has 0 unspecified atom stereocenters. The number of piperazine rings is 1. The van der Waals surface area contributed by atoms with Gasteiger partial charge < -0.3 is 14.7 Å². The van der Waals surface area contributed by atoms with E-state index in [-0.39, 0.29) is 22.2 Å². The van der Waals surface area contributed by atoms with Crippen molar-refractivity contribution in [3.63, 3.8) is 0 Å². The standard InChI is InChI=1S/C25H25ClN6O3/c1-29-11-13-30(14-12-29)24-19-16-31(25(33)18-7-8-20(26)22(15-18)32(34)35)10-9-21(19)27-23(28-24)17-5-3-2-4-6-17/h2-8,15H,9-14,16H2,1H3. The van der Waals surface area contributed by atoms with E-state index in [1.54, 1.807) is 4.90 Å². The molecule has 2 aliphatic rings. The molecule has 1 amide bonds. The van der Waals surface area contributed by atoms with E-state index in [1.165, 1.54) is 18.2 Å². The van der Waals surface area contributed by atoms with Crippen molar-refractivity contribution in [3.8, 4) is 11.4 Å². The molecular weight excluding hydrogens is 468 g/mol. The van der Waals surface area contributed by atoms with E-state index >= 15 is 0 Å². The number of nitrogens with zero attached hydrogens (tertiary/aromatic N) is 6. The average molecular weight is 493 g/mol. The van der Waals surface area contributed by atoms with Gasteiger partial charge in [0.1, 0.15) is 10.8 Å². The van der Waals surface area contributed by atoms with Gasteiger partial charge in [-0.3, -0.25) is 14.9 Å². The van der Waals surface area contributed by atoms with Crippen molar-refractivity contribution in [1.82, 2.24) is 19.8 Å². The van der Waals surface area contributed by atoms with Crippen LogP contribution in [0.2, 0.25) is 5.02 Å². The number of carbonyl (C=O) groups excluding carboxylic acids is 1. The second kappa shape index (κ2) is 9.59. The fourth-order valence-electron chi connectivity index (χ4n) is 4.53. The first-order chi connectivity index (χ1) is 16.9. The molecule has 10 heteroatoms. The van der Waals surface area contributed by atoms with Crippen LogP contribution in [0.3, 0.4) is 0 Å². The summed E-state index contributed by atoms with van der Waals surface area (Å²) in [5.74, 6) is 1.28. The van der Waals surface area contributed by atoms with Crippen LogP contribution in [0.4, 0.5) is 11.5 Å². The molecule has 1 aromatic heterocycles. The first-order valence-electron chi connectivity index (χ1n) is 11.5. The minimum absolute atomic E-state index is 0.00901. The molecule has 0 atom stereocenters. The maximum absolute atomic E-state index is 13.3. The quantitative estimate of drug-likeness (QED) is 0.405. The van der Waals surface area contributed by atoms with Gasteiger partial charge in [0, 0.05) is 61.9 Å². The van der Waals surface area contributed by atoms with Gasteiger partial charge >= 0.3 is 0 Å². The number of halogens is 1. The predicted molar refractivity (Wildman–Crippen MR) is 134 cm³/mol. The van der Waals surface area contributed by atoms with Gasteiger partial charge in [0.15, 0.2) is 5.82 Å². The number of hydrogen-bond donors (Lipinski definition) is 0. The molecule has 0 bridgehead atoms. The summed E-state index contributed by atoms with van der Waals surface area (Å²) >= 11 is 5.94. The molecule has 1 saturated heterocycles. The summed E-state index contributed by atoms with van der Waals surface area (Å²) < 4.78 is 0. The Hall–Kier alpha value is -3.56. The van der Waals surface area contributed by atoms with Gasteiger partial charge in [-0.15, -0.1) is 0 Å². The number of rotatable bonds is 4. The maximum atomic E-state index is 13.3. The van der Waals surface area contributed by atoms with Crippen LogP contribution in [0.15, 0.2) is 48.5 Å². The number of benzene rings is 2. The summed E-state index contributed by atoms with van der Waals surface area (Å²) in [6.07, 6.45) is 0.583. The average Bonchev–Trinajstić information content (AvgIpc) is 2.88. The van der Waals surface area contributed by atoms with Crippen LogP contribution < -0.4 is 4.90 Å². The van der Waals surface area contributed by atoms with Crippen molar-refractivity contribution in [3.05, 3.63) is 80.5 Å². The van der Waals surface area contributed by atoms with Gasteiger partial charge in [-0.2, -0.15) is 0 Å². The number of nitro groups is 1. The van der Waals surface area contributed by atoms with Crippen molar-refractivity contribution < 1.29 is 9.72 Å². The summed E-state index contributed by atoms with van der Waals surface area (Å²) in [6, 6.07) is 14.1. The highest BCUT2D eigenvalue weighted by atomic mass is 35.5. The topological polar surface area (TPSA) is 95.7 Å². The molecule has 2 aromatic carbocycles. The molecule has 0 N–H and O–H groups in total. The van der Waals surface area contributed by atoms with Gasteiger partial charge in [-0.1, -0.05) is 41.9 Å². The van der Waals surface area contributed by atoms with Crippen LogP contribution in [0.25, 0.3) is 11.4 Å². The van der Waals surface area contributed by atoms with Crippen molar-refractivity contribution in [2.45, 2.75) is 13.0 Å². The van der Waals surface area contributed by atoms with E-state index in [1.807, 2.05) is 30.3 Å². The number of aromatic nitrogens is 2. The molecule has 2 aliphatic heterocycles. The number of carbonyl (C=O) groups is 1. The second-order valence-electron chi connectivity index (χ2n) is 8.85. The molecule has 0 radical (unpaired) electrons. The fraction of sp³-hybridized carbons (Fsp3) is 0.320. The Kier molecular flexibility index (Phi) is 6.36. The lowest BCUT2D eigenvalue weighted by atomic mass is 10.0. The summed E-state index contributed by atoms with van der Waals surface area (Å²) in [5, 5.41) is 11.3. The smallest absolute Gasteiger partial charge is 0.288 e. The molecule has 9 nitrogen and oxygen atoms in total. The van der Waals surface area contributed by atoms with E-state index in [4.69, 9.17) is 21.6 Å². The van der Waals surface area contributed by atoms with Crippen LogP contribution >= 0.6 is 11.6 Å². The van der Waals surface area contributed by atoms with Gasteiger partial charge in [-0.05, 0) is 19.2 Å². The summed E-state index contributed by atoms with van der Waals surface area (Å²) in [6.45, 7) is 4.35. The van der Waals surface area contributed by atoms with Gasteiger partial charge in [0.2, 0.25) is 0 Å². The van der Waals surface area contributed by atoms with E-state index in [0.29, 0.717) is 25.3 Å². The predicted octanol–water partition coefficient (Wildman–Crippen LogP) is 3.66. The number of hydrogen-bond acceptors (Lipinski definition) is 7. The molecule has 0 saturated carbocycles. The Morgan fingerprint density at radius 2 is 1.77 bits per heavy atom. The molecule has 0 spiro atoms. The van der Waals surface area contributed by atoms with Gasteiger partial charge in [0.05, 0.1) is 17.2 Å². The summed E-state index contributed by atoms with van der Waals surface area (Å²) in [7, 11) is 2.11. The molecule has 1 fully saturated rings. The number of anilines is 1. The number of likely N-dealkylation sites (N-methyl/N-ethyl adjacent to an activating group) is 1. The zero-order valence-corrected chi connectivity index (χ0v) is 20.1. The number of fused-ring (bicyclic) bond motifs is 1. The summed E-state index contributed by atoms with van der Waals surface area (Å²) in [5.41, 5.74) is 2.81. The highest BCUT2D eigenvalue weighted by molar-refractivity contribution is 6.32. The van der Waals surface area contributed by atoms with Crippen LogP contribution in [0.5, 0.6) is 0 Å². The lowest BCUT2D eigenvalue weighted by Crippen LogP contribution is -2.46. The Morgan fingerprint density at radius 3 is 2.49 bits per heavy atom. The fourth-order valence-corrected chi connectivity index (χ4v) is 4.72. The molecule has 35 heavy (non-hydrogen) atoms. The van der Waals surface area contributed by atoms with E-state index in [9.17, 15) is 14.9 Å². The van der Waals surface area contributed by atoms with E-state index < -0.39 is 4.92 Å². The van der Waals surface area contributed by atoms with Crippen molar-refractivity contribution in [2.24, 2.45) is 0 Å². The highest BCUT2D eigenvalue weighted by Gasteiger charge is 2.30. The van der Waals surface area contributed by atoms with E-state index in [0.717, 1.165) is 48.8 Å². The van der Waals surface area contributed by atoms with Gasteiger partial charge in [0.25, 0.3) is 11.6 Å². The zero-order chi connectivity index (χ0) is 24.5. The molecule has 180 valence electrons. The first kappa shape index (κ1) is 23.2. The van der Waals surface area contributed by atoms with E-state index in [2.05, 4.69) is 16.8 Å². The molecule has 5 rings (SSSR count). The monoisotopic (exact) mass is 492 g/mol. The lowest BCUT2D eigenvalue weighted by Gasteiger charge is -2.37. The van der Waals surface area contributed by atoms with Crippen LogP contribution in [0, 0.1) is 10.1 Å². The first-order valence-corrected chi connectivity index (χ1v) is 11.9. The van der Waals surface area contributed by atoms with Crippen molar-refractivity contribution >= 4 is 29.0 Å². The zero-order valence-electron chi connectivity index (χ0n) is 19.4. The Labute approximate surface area is 208 Å². The lowest BCUT2D eigenvalue weighted by molar-refractivity contribution is -0.384. The molecule has 0 aliphatic carbocycles. The molecule has 3 heterocycles. The third-order valence-electron chi connectivity index (χ3n) is 6.55. The van der Waals surface area contributed by atoms with Crippen LogP contribution in [-0.4, -0.2) is 70.4 Å². The van der Waals surface area contributed by atoms with Crippen molar-refractivity contribution in [2.75, 3.05) is 44.7 Å². The van der Waals surface area contributed by atoms with Gasteiger partial charge in [-0.25, -0.2) is 9.97 Å². The number of amides is 1. The highest BCUT2D eigenvalue weighted by Crippen LogP contribution is 2.32. The maximum Gasteiger partial charge on any atom is 0.288 e. The minimum atomic E-state index is -0.574. The third kappa shape index (κ3) is 4.69. The van der Waals surface area contributed by atoms with Crippen molar-refractivity contribution in [1.29, 1.82) is 0 Å². The number of nitro benzene ring substituents is 1. The Morgan fingerprint density at radius 1 is 1.03 bits per heavy atom. The molecule has 3 aromatic rings. The normalized spacial score (nSPS) is 16.2. The Balaban J connectivity index is 1.50. The summed E-state index contributed by atoms with van der Waals surface area (Å²) in [4.78, 5) is 40.2. The largest absolute Gasteiger partial charge is 0.354 e. The van der Waals surface area contributed by atoms with Crippen LogP contribution in [0.1, 0.15) is 21.6 Å². The third-order valence-corrected chi connectivity index (χ3v) is 6.87. The minimum Gasteiger partial charge on any atom is -0.354 e. The van der Waals surface area contributed by atoms with Crippen LogP contribution in [-0.2, 0) is 13.0 Å². The Bertz CT molecular complexity index is 1280. The molecular formula is C25H25ClN6O3.